The monoisotopic (exact) mass is 499 g/mol. The lowest BCUT2D eigenvalue weighted by molar-refractivity contribution is -0.132. The first kappa shape index (κ1) is 23.2. The number of hydrogen-bond acceptors (Lipinski definition) is 5. The van der Waals surface area contributed by atoms with Gasteiger partial charge in [-0.1, -0.05) is 35.3 Å². The molecule has 11 heteroatoms. The molecule has 0 atom stereocenters. The zero-order valence-corrected chi connectivity index (χ0v) is 18.7. The van der Waals surface area contributed by atoms with Crippen LogP contribution < -0.4 is 10.9 Å². The van der Waals surface area contributed by atoms with Gasteiger partial charge < -0.3 is 15.5 Å². The van der Waals surface area contributed by atoms with Crippen LogP contribution in [0.25, 0.3) is 22.6 Å². The molecule has 1 aromatic heterocycles. The smallest absolute Gasteiger partial charge is 0.349 e. The van der Waals surface area contributed by atoms with E-state index in [2.05, 4.69) is 10.3 Å². The van der Waals surface area contributed by atoms with Crippen molar-refractivity contribution in [3.05, 3.63) is 79.8 Å². The highest BCUT2D eigenvalue weighted by Crippen LogP contribution is 2.28. The molecule has 0 saturated heterocycles. The summed E-state index contributed by atoms with van der Waals surface area (Å²) in [4.78, 5) is 51.7. The summed E-state index contributed by atoms with van der Waals surface area (Å²) in [6.45, 7) is 0.447. The fourth-order valence-corrected chi connectivity index (χ4v) is 3.75. The topological polar surface area (TPSA) is 139 Å². The molecule has 0 spiro atoms. The van der Waals surface area contributed by atoms with Gasteiger partial charge in [0.25, 0.3) is 11.5 Å². The van der Waals surface area contributed by atoms with E-state index in [0.717, 1.165) is 11.1 Å². The van der Waals surface area contributed by atoms with Crippen molar-refractivity contribution in [2.24, 2.45) is 0 Å². The van der Waals surface area contributed by atoms with Gasteiger partial charge in [0.15, 0.2) is 0 Å². The van der Waals surface area contributed by atoms with Crippen molar-refractivity contribution in [3.8, 4) is 0 Å². The third kappa shape index (κ3) is 4.43. The number of carbonyl (C=O) groups is 3. The lowest BCUT2D eigenvalue weighted by Gasteiger charge is -2.09. The van der Waals surface area contributed by atoms with Crippen LogP contribution in [0.1, 0.15) is 28.2 Å². The molecule has 9 nitrogen and oxygen atoms in total. The van der Waals surface area contributed by atoms with E-state index in [1.807, 2.05) is 6.08 Å². The Morgan fingerprint density at radius 2 is 1.74 bits per heavy atom. The summed E-state index contributed by atoms with van der Waals surface area (Å²) in [7, 11) is 0. The third-order valence-corrected chi connectivity index (χ3v) is 5.99. The molecule has 0 radical (unpaired) electrons. The van der Waals surface area contributed by atoms with Gasteiger partial charge in [0.2, 0.25) is 0 Å². The predicted molar refractivity (Wildman–Crippen MR) is 127 cm³/mol. The Kier molecular flexibility index (Phi) is 6.23. The van der Waals surface area contributed by atoms with Crippen molar-refractivity contribution in [2.75, 3.05) is 5.32 Å². The second-order valence-corrected chi connectivity index (χ2v) is 8.11. The fourth-order valence-electron chi connectivity index (χ4n) is 3.53. The van der Waals surface area contributed by atoms with Crippen molar-refractivity contribution < 1.29 is 24.6 Å². The van der Waals surface area contributed by atoms with E-state index in [4.69, 9.17) is 33.4 Å². The van der Waals surface area contributed by atoms with Gasteiger partial charge in [-0.3, -0.25) is 14.2 Å². The average Bonchev–Trinajstić information content (AvgIpc) is 3.20. The first-order valence-electron chi connectivity index (χ1n) is 9.84. The molecule has 0 bridgehead atoms. The van der Waals surface area contributed by atoms with Gasteiger partial charge in [-0.25, -0.2) is 14.6 Å². The molecule has 4 rings (SSSR count). The molecule has 0 saturated carbocycles. The lowest BCUT2D eigenvalue weighted by Crippen LogP contribution is -2.21. The van der Waals surface area contributed by atoms with Crippen LogP contribution in [0.15, 0.2) is 57.3 Å². The second-order valence-electron chi connectivity index (χ2n) is 7.36. The first-order chi connectivity index (χ1) is 16.2. The van der Waals surface area contributed by atoms with E-state index in [-0.39, 0.29) is 16.8 Å². The molecule has 3 N–H and O–H groups in total. The van der Waals surface area contributed by atoms with Crippen molar-refractivity contribution in [2.45, 2.75) is 13.0 Å². The third-order valence-electron chi connectivity index (χ3n) is 5.18. The number of anilines is 1. The number of amides is 1. The summed E-state index contributed by atoms with van der Waals surface area (Å²) in [5, 5.41) is 19.2. The fraction of sp³-hybridized carbons (Fsp3) is 0.0870. The molecule has 1 aliphatic rings. The number of benzene rings is 2. The maximum Gasteiger partial charge on any atom is 0.349 e. The van der Waals surface area contributed by atoms with Gasteiger partial charge in [0.1, 0.15) is 15.9 Å². The highest BCUT2D eigenvalue weighted by atomic mass is 35.5. The van der Waals surface area contributed by atoms with Gasteiger partial charge in [-0.2, -0.15) is 0 Å². The van der Waals surface area contributed by atoms with E-state index in [0.29, 0.717) is 29.7 Å². The predicted octanol–water partition coefficient (Wildman–Crippen LogP) is 3.75. The van der Waals surface area contributed by atoms with E-state index >= 15 is 0 Å². The Hall–Kier alpha value is -3.95. The number of carbonyl (C=O) groups excluding carboxylic acids is 1. The molecule has 0 fully saturated rings. The lowest BCUT2D eigenvalue weighted by atomic mass is 10.1. The number of nitrogens with one attached hydrogen (secondary N) is 1. The van der Waals surface area contributed by atoms with Crippen LogP contribution >= 0.6 is 23.2 Å². The number of aliphatic carboxylic acids is 1. The van der Waals surface area contributed by atoms with Crippen LogP contribution in [-0.2, 0) is 16.1 Å². The van der Waals surface area contributed by atoms with E-state index in [9.17, 15) is 19.2 Å². The summed E-state index contributed by atoms with van der Waals surface area (Å²) in [5.74, 6) is -3.01. The van der Waals surface area contributed by atoms with Gasteiger partial charge in [-0.15, -0.1) is 0 Å². The molecule has 172 valence electrons. The minimum atomic E-state index is -1.54. The van der Waals surface area contributed by atoms with E-state index in [1.54, 1.807) is 16.7 Å². The minimum absolute atomic E-state index is 0.170. The standard InChI is InChI=1S/C23H15Cl2N3O6/c24-17(18(25)23(33)34)20(29)26-14-5-6-15-16(10-14)27-19-13(7-8-28(19)21(15)30)9-11-1-3-12(4-2-11)22(31)32/h1-6,9-10H,7-8H2,(H,26,29)(H,31,32)(H,33,34)/b13-9+,18-17-. The van der Waals surface area contributed by atoms with Crippen molar-refractivity contribution in [1.82, 2.24) is 9.55 Å². The molecule has 2 heterocycles. The highest BCUT2D eigenvalue weighted by Gasteiger charge is 2.22. The summed E-state index contributed by atoms with van der Waals surface area (Å²) in [6.07, 6.45) is 2.41. The van der Waals surface area contributed by atoms with Crippen molar-refractivity contribution >= 4 is 69.3 Å². The maximum absolute atomic E-state index is 13.0. The van der Waals surface area contributed by atoms with Gasteiger partial charge in [-0.05, 0) is 54.0 Å². The number of aromatic carboxylic acids is 1. The molecule has 0 aliphatic carbocycles. The molecule has 34 heavy (non-hydrogen) atoms. The Balaban J connectivity index is 1.70. The molecule has 2 aromatic carbocycles. The number of nitrogens with zero attached hydrogens (tertiary/aromatic N) is 2. The van der Waals surface area contributed by atoms with E-state index in [1.165, 1.54) is 30.3 Å². The van der Waals surface area contributed by atoms with Crippen LogP contribution in [-0.4, -0.2) is 37.6 Å². The number of carboxylic acid groups (broad SMARTS) is 2. The van der Waals surface area contributed by atoms with E-state index < -0.39 is 27.9 Å². The summed E-state index contributed by atoms with van der Waals surface area (Å²) >= 11 is 11.2. The molecule has 3 aromatic rings. The largest absolute Gasteiger partial charge is 0.478 e. The molecule has 1 aliphatic heterocycles. The summed E-state index contributed by atoms with van der Waals surface area (Å²) in [5.41, 5.74) is 2.07. The molecular weight excluding hydrogens is 485 g/mol. The maximum atomic E-state index is 13.0. The number of carboxylic acids is 2. The zero-order valence-electron chi connectivity index (χ0n) is 17.2. The number of hydrogen-bond donors (Lipinski definition) is 3. The number of allylic oxidation sites excluding steroid dienone is 1. The number of halogens is 2. The zero-order chi connectivity index (χ0) is 24.6. The minimum Gasteiger partial charge on any atom is -0.478 e. The normalized spacial score (nSPS) is 14.6. The van der Waals surface area contributed by atoms with Crippen molar-refractivity contribution in [1.29, 1.82) is 0 Å². The van der Waals surface area contributed by atoms with Gasteiger partial charge in [0.05, 0.1) is 16.5 Å². The molecule has 0 unspecified atom stereocenters. The second kappa shape index (κ2) is 9.12. The Morgan fingerprint density at radius 3 is 2.38 bits per heavy atom. The van der Waals surface area contributed by atoms with Crippen LogP contribution in [0.3, 0.4) is 0 Å². The molecule has 1 amide bonds. The number of fused-ring (bicyclic) bond motifs is 2. The highest BCUT2D eigenvalue weighted by molar-refractivity contribution is 6.54. The SMILES string of the molecule is O=C(O)/C(Cl)=C(/Cl)C(=O)Nc1ccc2c(=O)n3c(nc2c1)/C(=C/c1ccc(C(=O)O)cc1)CC3. The van der Waals surface area contributed by atoms with Crippen LogP contribution in [0.4, 0.5) is 5.69 Å². The average molecular weight is 500 g/mol. The Morgan fingerprint density at radius 1 is 1.03 bits per heavy atom. The Labute approximate surface area is 201 Å². The van der Waals surface area contributed by atoms with Crippen LogP contribution in [0.5, 0.6) is 0 Å². The molecular formula is C23H15Cl2N3O6. The van der Waals surface area contributed by atoms with Crippen molar-refractivity contribution in [3.63, 3.8) is 0 Å². The van der Waals surface area contributed by atoms with Gasteiger partial charge in [0, 0.05) is 12.2 Å². The van der Waals surface area contributed by atoms with Crippen LogP contribution in [0, 0.1) is 0 Å². The number of rotatable bonds is 5. The Bertz CT molecular complexity index is 1490. The van der Waals surface area contributed by atoms with Crippen LogP contribution in [0.2, 0.25) is 0 Å². The summed E-state index contributed by atoms with van der Waals surface area (Å²) in [6, 6.07) is 10.8. The summed E-state index contributed by atoms with van der Waals surface area (Å²) < 4.78 is 1.56. The van der Waals surface area contributed by atoms with Gasteiger partial charge >= 0.3 is 11.9 Å². The first-order valence-corrected chi connectivity index (χ1v) is 10.6. The quantitative estimate of drug-likeness (QED) is 0.454. The number of aromatic nitrogens is 2.